The number of carbonyl (C=O) groups is 1. The van der Waals surface area contributed by atoms with Gasteiger partial charge in [0, 0.05) is 5.02 Å². The van der Waals surface area contributed by atoms with E-state index >= 15 is 0 Å². The molecule has 0 unspecified atom stereocenters. The van der Waals surface area contributed by atoms with E-state index in [9.17, 15) is 9.18 Å². The van der Waals surface area contributed by atoms with Crippen LogP contribution < -0.4 is 5.32 Å². The van der Waals surface area contributed by atoms with Gasteiger partial charge in [-0.15, -0.1) is 0 Å². The van der Waals surface area contributed by atoms with Gasteiger partial charge < -0.3 is 5.32 Å². The molecule has 1 amide bonds. The van der Waals surface area contributed by atoms with Crippen LogP contribution in [0.2, 0.25) is 5.02 Å². The van der Waals surface area contributed by atoms with Crippen LogP contribution in [0.4, 0.5) is 10.1 Å². The van der Waals surface area contributed by atoms with Crippen molar-refractivity contribution in [2.24, 2.45) is 4.99 Å². The lowest BCUT2D eigenvalue weighted by Crippen LogP contribution is -2.19. The predicted molar refractivity (Wildman–Crippen MR) is 88.7 cm³/mol. The second-order valence-corrected chi connectivity index (χ2v) is 5.89. The van der Waals surface area contributed by atoms with Gasteiger partial charge in [0.2, 0.25) is 0 Å². The molecular weight excluding hydrogens is 323 g/mol. The molecule has 1 heterocycles. The summed E-state index contributed by atoms with van der Waals surface area (Å²) in [7, 11) is 0. The average molecular weight is 333 g/mol. The number of benzene rings is 2. The van der Waals surface area contributed by atoms with Crippen molar-refractivity contribution in [3.05, 3.63) is 69.8 Å². The Morgan fingerprint density at radius 3 is 2.64 bits per heavy atom. The standard InChI is InChI=1S/C16H10ClFN2OS/c17-11-6-2-1-5-10(11)9-14-15(21)20-16(22-14)19-13-8-4-3-7-12(13)18/h1-9H,(H,19,20,21). The van der Waals surface area contributed by atoms with Crippen LogP contribution in [0.25, 0.3) is 6.08 Å². The molecule has 0 aliphatic carbocycles. The predicted octanol–water partition coefficient (Wildman–Crippen LogP) is 4.37. The Hall–Kier alpha value is -2.11. The fraction of sp³-hybridized carbons (Fsp3) is 0. The number of nitrogens with zero attached hydrogens (tertiary/aromatic N) is 1. The van der Waals surface area contributed by atoms with E-state index in [1.165, 1.54) is 6.07 Å². The molecule has 3 rings (SSSR count). The highest BCUT2D eigenvalue weighted by atomic mass is 35.5. The van der Waals surface area contributed by atoms with Crippen LogP contribution in [-0.2, 0) is 4.79 Å². The lowest BCUT2D eigenvalue weighted by Gasteiger charge is -1.98. The Balaban J connectivity index is 1.88. The quantitative estimate of drug-likeness (QED) is 0.830. The molecule has 1 saturated heterocycles. The fourth-order valence-corrected chi connectivity index (χ4v) is 2.88. The summed E-state index contributed by atoms with van der Waals surface area (Å²) in [5.41, 5.74) is 0.929. The van der Waals surface area contributed by atoms with Gasteiger partial charge in [0.1, 0.15) is 11.5 Å². The number of amides is 1. The molecule has 6 heteroatoms. The van der Waals surface area contributed by atoms with Gasteiger partial charge >= 0.3 is 0 Å². The second kappa shape index (κ2) is 6.34. The zero-order valence-electron chi connectivity index (χ0n) is 11.2. The molecular formula is C16H10ClFN2OS. The van der Waals surface area contributed by atoms with E-state index in [0.717, 1.165) is 17.3 Å². The lowest BCUT2D eigenvalue weighted by atomic mass is 10.2. The first-order valence-electron chi connectivity index (χ1n) is 6.42. The summed E-state index contributed by atoms with van der Waals surface area (Å²) < 4.78 is 13.6. The number of halogens is 2. The molecule has 1 aliphatic heterocycles. The Bertz CT molecular complexity index is 804. The van der Waals surface area contributed by atoms with Crippen molar-refractivity contribution < 1.29 is 9.18 Å². The van der Waals surface area contributed by atoms with Crippen molar-refractivity contribution >= 4 is 46.2 Å². The number of aliphatic imine (C=N–C) groups is 1. The molecule has 0 radical (unpaired) electrons. The molecule has 1 N–H and O–H groups in total. The van der Waals surface area contributed by atoms with Gasteiger partial charge in [-0.2, -0.15) is 0 Å². The van der Waals surface area contributed by atoms with Crippen molar-refractivity contribution in [2.45, 2.75) is 0 Å². The number of hydrogen-bond donors (Lipinski definition) is 1. The van der Waals surface area contributed by atoms with Crippen molar-refractivity contribution in [1.82, 2.24) is 5.32 Å². The minimum atomic E-state index is -0.437. The number of thioether (sulfide) groups is 1. The summed E-state index contributed by atoms with van der Waals surface area (Å²) in [5, 5.41) is 3.51. The van der Waals surface area contributed by atoms with Crippen LogP contribution >= 0.6 is 23.4 Å². The molecule has 22 heavy (non-hydrogen) atoms. The van der Waals surface area contributed by atoms with Gasteiger partial charge in [0.15, 0.2) is 5.17 Å². The Morgan fingerprint density at radius 1 is 1.14 bits per heavy atom. The van der Waals surface area contributed by atoms with Gasteiger partial charge in [-0.3, -0.25) is 4.79 Å². The highest BCUT2D eigenvalue weighted by molar-refractivity contribution is 8.18. The van der Waals surface area contributed by atoms with Gasteiger partial charge in [-0.25, -0.2) is 9.38 Å². The van der Waals surface area contributed by atoms with Crippen molar-refractivity contribution in [3.8, 4) is 0 Å². The van der Waals surface area contributed by atoms with Crippen LogP contribution in [0, 0.1) is 5.82 Å². The summed E-state index contributed by atoms with van der Waals surface area (Å²) in [5.74, 6) is -0.714. The van der Waals surface area contributed by atoms with Crippen LogP contribution in [0.15, 0.2) is 58.4 Å². The zero-order valence-corrected chi connectivity index (χ0v) is 12.8. The third-order valence-electron chi connectivity index (χ3n) is 2.92. The van der Waals surface area contributed by atoms with E-state index < -0.39 is 5.82 Å². The largest absolute Gasteiger partial charge is 0.300 e. The first-order valence-corrected chi connectivity index (χ1v) is 7.61. The van der Waals surface area contributed by atoms with Gasteiger partial charge in [-0.1, -0.05) is 41.9 Å². The van der Waals surface area contributed by atoms with E-state index in [0.29, 0.717) is 15.1 Å². The highest BCUT2D eigenvalue weighted by Gasteiger charge is 2.24. The van der Waals surface area contributed by atoms with Crippen LogP contribution in [0.5, 0.6) is 0 Å². The molecule has 3 nitrogen and oxygen atoms in total. The third kappa shape index (κ3) is 3.21. The highest BCUT2D eigenvalue weighted by Crippen LogP contribution is 2.30. The molecule has 0 bridgehead atoms. The van der Waals surface area contributed by atoms with E-state index in [4.69, 9.17) is 11.6 Å². The number of hydrogen-bond acceptors (Lipinski definition) is 3. The fourth-order valence-electron chi connectivity index (χ4n) is 1.87. The van der Waals surface area contributed by atoms with Gasteiger partial charge in [0.05, 0.1) is 4.91 Å². The number of amidine groups is 1. The summed E-state index contributed by atoms with van der Waals surface area (Å²) in [6.07, 6.45) is 1.69. The molecule has 1 fully saturated rings. The van der Waals surface area contributed by atoms with Crippen molar-refractivity contribution in [1.29, 1.82) is 0 Å². The van der Waals surface area contributed by atoms with E-state index in [1.807, 2.05) is 18.2 Å². The summed E-state index contributed by atoms with van der Waals surface area (Å²) in [6.45, 7) is 0. The van der Waals surface area contributed by atoms with E-state index in [1.54, 1.807) is 30.3 Å². The molecule has 0 saturated carbocycles. The monoisotopic (exact) mass is 332 g/mol. The first-order chi connectivity index (χ1) is 10.6. The van der Waals surface area contributed by atoms with Gasteiger partial charge in [-0.05, 0) is 41.6 Å². The normalized spacial score (nSPS) is 18.0. The SMILES string of the molecule is O=C1NC(=Nc2ccccc2F)SC1=Cc1ccccc1Cl. The first kappa shape index (κ1) is 14.8. The lowest BCUT2D eigenvalue weighted by molar-refractivity contribution is -0.115. The minimum Gasteiger partial charge on any atom is -0.300 e. The summed E-state index contributed by atoms with van der Waals surface area (Å²) in [6, 6.07) is 13.4. The zero-order chi connectivity index (χ0) is 15.5. The topological polar surface area (TPSA) is 41.5 Å². The van der Waals surface area contributed by atoms with E-state index in [-0.39, 0.29) is 11.6 Å². The number of carbonyl (C=O) groups excluding carboxylic acids is 1. The molecule has 1 aliphatic rings. The average Bonchev–Trinajstić information content (AvgIpc) is 2.84. The molecule has 110 valence electrons. The van der Waals surface area contributed by atoms with E-state index in [2.05, 4.69) is 10.3 Å². The molecule has 2 aromatic rings. The number of para-hydroxylation sites is 1. The molecule has 2 aromatic carbocycles. The second-order valence-electron chi connectivity index (χ2n) is 4.45. The van der Waals surface area contributed by atoms with Gasteiger partial charge in [0.25, 0.3) is 5.91 Å². The number of nitrogens with one attached hydrogen (secondary N) is 1. The Morgan fingerprint density at radius 2 is 1.86 bits per heavy atom. The maximum absolute atomic E-state index is 13.6. The number of rotatable bonds is 2. The molecule has 0 spiro atoms. The maximum Gasteiger partial charge on any atom is 0.264 e. The Kier molecular flexibility index (Phi) is 4.27. The van der Waals surface area contributed by atoms with Crippen LogP contribution in [0.1, 0.15) is 5.56 Å². The maximum atomic E-state index is 13.6. The smallest absolute Gasteiger partial charge is 0.264 e. The van der Waals surface area contributed by atoms with Crippen LogP contribution in [0.3, 0.4) is 0 Å². The van der Waals surface area contributed by atoms with Crippen LogP contribution in [-0.4, -0.2) is 11.1 Å². The summed E-state index contributed by atoms with van der Waals surface area (Å²) >= 11 is 7.22. The van der Waals surface area contributed by atoms with Crippen molar-refractivity contribution in [2.75, 3.05) is 0 Å². The molecule has 0 atom stereocenters. The Labute approximate surface area is 135 Å². The third-order valence-corrected chi connectivity index (χ3v) is 4.17. The van der Waals surface area contributed by atoms with Crippen molar-refractivity contribution in [3.63, 3.8) is 0 Å². The summed E-state index contributed by atoms with van der Waals surface area (Å²) in [4.78, 5) is 16.5. The molecule has 0 aromatic heterocycles. The minimum absolute atomic E-state index is 0.185.